The van der Waals surface area contributed by atoms with E-state index in [1.807, 2.05) is 35.9 Å². The summed E-state index contributed by atoms with van der Waals surface area (Å²) in [4.78, 5) is 12.8. The predicted molar refractivity (Wildman–Crippen MR) is 121 cm³/mol. The molecule has 1 aromatic heterocycles. The molecule has 2 N–H and O–H groups in total. The van der Waals surface area contributed by atoms with Crippen molar-refractivity contribution in [1.29, 1.82) is 0 Å². The van der Waals surface area contributed by atoms with Crippen molar-refractivity contribution in [2.24, 2.45) is 11.8 Å². The first kappa shape index (κ1) is 21.7. The minimum atomic E-state index is -0.180. The van der Waals surface area contributed by atoms with Crippen LogP contribution in [0.15, 0.2) is 24.3 Å². The monoisotopic (exact) mass is 416 g/mol. The van der Waals surface area contributed by atoms with E-state index in [0.29, 0.717) is 35.8 Å². The molecule has 2 aromatic rings. The van der Waals surface area contributed by atoms with E-state index in [1.165, 1.54) is 25.7 Å². The minimum absolute atomic E-state index is 0.180. The second-order valence-corrected chi connectivity index (χ2v) is 8.92. The van der Waals surface area contributed by atoms with Crippen LogP contribution in [0.5, 0.6) is 0 Å². The first-order chi connectivity index (χ1) is 13.9. The molecule has 0 bridgehead atoms. The summed E-state index contributed by atoms with van der Waals surface area (Å²) in [7, 11) is 0. The average Bonchev–Trinajstić information content (AvgIpc) is 3.04. The van der Waals surface area contributed by atoms with E-state index >= 15 is 0 Å². The van der Waals surface area contributed by atoms with E-state index in [9.17, 15) is 4.79 Å². The van der Waals surface area contributed by atoms with E-state index in [-0.39, 0.29) is 5.91 Å². The van der Waals surface area contributed by atoms with Crippen molar-refractivity contribution in [3.8, 4) is 11.3 Å². The zero-order valence-electron chi connectivity index (χ0n) is 18.0. The molecule has 0 saturated heterocycles. The number of anilines is 1. The summed E-state index contributed by atoms with van der Waals surface area (Å²) in [5, 5.41) is 11.4. The van der Waals surface area contributed by atoms with Crippen LogP contribution in [0, 0.1) is 11.8 Å². The molecular formula is C23H33ClN4O. The van der Waals surface area contributed by atoms with Gasteiger partial charge in [0.1, 0.15) is 0 Å². The molecule has 1 aliphatic rings. The van der Waals surface area contributed by atoms with Gasteiger partial charge in [-0.1, -0.05) is 43.5 Å². The maximum absolute atomic E-state index is 12.8. The van der Waals surface area contributed by atoms with Gasteiger partial charge in [-0.05, 0) is 57.6 Å². The molecule has 0 aliphatic heterocycles. The third kappa shape index (κ3) is 5.33. The Bertz CT molecular complexity index is 820. The summed E-state index contributed by atoms with van der Waals surface area (Å²) in [6.07, 6.45) is 4.86. The van der Waals surface area contributed by atoms with Crippen molar-refractivity contribution in [2.75, 3.05) is 11.9 Å². The Labute approximate surface area is 179 Å². The lowest BCUT2D eigenvalue weighted by Crippen LogP contribution is -2.31. The Balaban J connectivity index is 1.74. The minimum Gasteiger partial charge on any atom is -0.383 e. The molecule has 0 spiro atoms. The zero-order chi connectivity index (χ0) is 21.0. The number of halogens is 1. The van der Waals surface area contributed by atoms with E-state index in [1.54, 1.807) is 0 Å². The molecule has 1 aliphatic carbocycles. The quantitative estimate of drug-likeness (QED) is 0.617. The highest BCUT2D eigenvalue weighted by Gasteiger charge is 2.24. The van der Waals surface area contributed by atoms with Crippen molar-refractivity contribution in [1.82, 2.24) is 15.1 Å². The third-order valence-corrected chi connectivity index (χ3v) is 6.07. The Morgan fingerprint density at radius 3 is 2.45 bits per heavy atom. The van der Waals surface area contributed by atoms with Gasteiger partial charge in [-0.15, -0.1) is 0 Å². The molecule has 5 nitrogen and oxygen atoms in total. The molecule has 0 unspecified atom stereocenters. The lowest BCUT2D eigenvalue weighted by atomic mass is 9.83. The number of nitrogens with one attached hydrogen (secondary N) is 2. The second kappa shape index (κ2) is 9.66. The number of carbonyl (C=O) groups is 1. The SMILES string of the molecule is CCn1nc(C(=O)NCC2CCC(C)CC2)c(Cl)c1-c1ccc(NC(C)C)cc1. The number of hydrogen-bond acceptors (Lipinski definition) is 3. The molecule has 1 amide bonds. The van der Waals surface area contributed by atoms with Crippen molar-refractivity contribution in [3.05, 3.63) is 35.0 Å². The number of nitrogens with zero attached hydrogens (tertiary/aromatic N) is 2. The van der Waals surface area contributed by atoms with Gasteiger partial charge < -0.3 is 10.6 Å². The van der Waals surface area contributed by atoms with Crippen LogP contribution in [-0.4, -0.2) is 28.3 Å². The van der Waals surface area contributed by atoms with Crippen LogP contribution in [0.4, 0.5) is 5.69 Å². The lowest BCUT2D eigenvalue weighted by molar-refractivity contribution is 0.0936. The fourth-order valence-corrected chi connectivity index (χ4v) is 4.33. The second-order valence-electron chi connectivity index (χ2n) is 8.54. The van der Waals surface area contributed by atoms with E-state index in [4.69, 9.17) is 11.6 Å². The Kier molecular flexibility index (Phi) is 7.23. The Morgan fingerprint density at radius 1 is 1.21 bits per heavy atom. The summed E-state index contributed by atoms with van der Waals surface area (Å²) < 4.78 is 1.81. The first-order valence-electron chi connectivity index (χ1n) is 10.8. The third-order valence-electron chi connectivity index (χ3n) is 5.71. The van der Waals surface area contributed by atoms with Crippen LogP contribution in [0.25, 0.3) is 11.3 Å². The lowest BCUT2D eigenvalue weighted by Gasteiger charge is -2.26. The van der Waals surface area contributed by atoms with Gasteiger partial charge in [-0.3, -0.25) is 9.48 Å². The molecule has 1 fully saturated rings. The number of carbonyl (C=O) groups excluding carboxylic acids is 1. The summed E-state index contributed by atoms with van der Waals surface area (Å²) >= 11 is 6.64. The summed E-state index contributed by atoms with van der Waals surface area (Å²) in [6.45, 7) is 9.87. The number of hydrogen-bond donors (Lipinski definition) is 2. The van der Waals surface area contributed by atoms with Crippen LogP contribution in [0.3, 0.4) is 0 Å². The fraction of sp³-hybridized carbons (Fsp3) is 0.565. The van der Waals surface area contributed by atoms with E-state index in [2.05, 4.69) is 36.5 Å². The van der Waals surface area contributed by atoms with Gasteiger partial charge in [0.25, 0.3) is 5.91 Å². The number of amides is 1. The van der Waals surface area contributed by atoms with Crippen molar-refractivity contribution >= 4 is 23.2 Å². The molecule has 1 saturated carbocycles. The molecular weight excluding hydrogens is 384 g/mol. The highest BCUT2D eigenvalue weighted by atomic mass is 35.5. The highest BCUT2D eigenvalue weighted by molar-refractivity contribution is 6.36. The van der Waals surface area contributed by atoms with Gasteiger partial charge in [0, 0.05) is 30.4 Å². The van der Waals surface area contributed by atoms with Crippen LogP contribution < -0.4 is 10.6 Å². The number of aryl methyl sites for hydroxylation is 1. The van der Waals surface area contributed by atoms with Gasteiger partial charge in [0.15, 0.2) is 5.69 Å². The van der Waals surface area contributed by atoms with Gasteiger partial charge in [-0.25, -0.2) is 0 Å². The van der Waals surface area contributed by atoms with Gasteiger partial charge >= 0.3 is 0 Å². The molecule has 0 atom stereocenters. The molecule has 1 aromatic carbocycles. The smallest absolute Gasteiger partial charge is 0.273 e. The van der Waals surface area contributed by atoms with Crippen LogP contribution in [0.2, 0.25) is 5.02 Å². The van der Waals surface area contributed by atoms with Crippen molar-refractivity contribution in [2.45, 2.75) is 66.0 Å². The Hall–Kier alpha value is -2.01. The van der Waals surface area contributed by atoms with Gasteiger partial charge in [0.05, 0.1) is 10.7 Å². The van der Waals surface area contributed by atoms with Crippen LogP contribution >= 0.6 is 11.6 Å². The molecule has 29 heavy (non-hydrogen) atoms. The maximum Gasteiger partial charge on any atom is 0.273 e. The van der Waals surface area contributed by atoms with Gasteiger partial charge in [0.2, 0.25) is 0 Å². The maximum atomic E-state index is 12.8. The van der Waals surface area contributed by atoms with Gasteiger partial charge in [-0.2, -0.15) is 5.10 Å². The molecule has 0 radical (unpaired) electrons. The van der Waals surface area contributed by atoms with E-state index in [0.717, 1.165) is 22.9 Å². The first-order valence-corrected chi connectivity index (χ1v) is 11.2. The van der Waals surface area contributed by atoms with Crippen molar-refractivity contribution in [3.63, 3.8) is 0 Å². The average molecular weight is 417 g/mol. The fourth-order valence-electron chi connectivity index (χ4n) is 4.00. The van der Waals surface area contributed by atoms with Crippen molar-refractivity contribution < 1.29 is 4.79 Å². The largest absolute Gasteiger partial charge is 0.383 e. The van der Waals surface area contributed by atoms with E-state index < -0.39 is 0 Å². The molecule has 158 valence electrons. The number of benzene rings is 1. The zero-order valence-corrected chi connectivity index (χ0v) is 18.7. The Morgan fingerprint density at radius 2 is 1.86 bits per heavy atom. The highest BCUT2D eigenvalue weighted by Crippen LogP contribution is 2.32. The molecule has 3 rings (SSSR count). The topological polar surface area (TPSA) is 59.0 Å². The summed E-state index contributed by atoms with van der Waals surface area (Å²) in [5.74, 6) is 1.18. The summed E-state index contributed by atoms with van der Waals surface area (Å²) in [5.41, 5.74) is 3.13. The standard InChI is InChI=1S/C23H33ClN4O/c1-5-28-22(18-10-12-19(13-11-18)26-15(2)3)20(24)21(27-28)23(29)25-14-17-8-6-16(4)7-9-17/h10-13,15-17,26H,5-9,14H2,1-4H3,(H,25,29). The number of aromatic nitrogens is 2. The molecule has 6 heteroatoms. The molecule has 1 heterocycles. The summed E-state index contributed by atoms with van der Waals surface area (Å²) in [6, 6.07) is 8.47. The van der Waals surface area contributed by atoms with Crippen LogP contribution in [-0.2, 0) is 6.54 Å². The number of rotatable bonds is 7. The predicted octanol–water partition coefficient (Wildman–Crippen LogP) is 5.60. The normalized spacial score (nSPS) is 19.4. The van der Waals surface area contributed by atoms with Crippen LogP contribution in [0.1, 0.15) is 63.9 Å².